The number of hydrogen-bond donors (Lipinski definition) is 2. The van der Waals surface area contributed by atoms with Crippen LogP contribution >= 0.6 is 0 Å². The summed E-state index contributed by atoms with van der Waals surface area (Å²) in [6, 6.07) is 0. The van der Waals surface area contributed by atoms with Crippen LogP contribution in [0.4, 0.5) is 0 Å². The van der Waals surface area contributed by atoms with Gasteiger partial charge in [-0.1, -0.05) is 90.9 Å². The molecule has 1 heterocycles. The number of hydrogen-bond acceptors (Lipinski definition) is 4. The average Bonchev–Trinajstić information content (AvgIpc) is 2.68. The van der Waals surface area contributed by atoms with Crippen molar-refractivity contribution in [3.8, 4) is 0 Å². The first kappa shape index (κ1) is 25.9. The van der Waals surface area contributed by atoms with Crippen molar-refractivity contribution in [3.63, 3.8) is 0 Å². The van der Waals surface area contributed by atoms with E-state index in [0.29, 0.717) is 18.9 Å². The topological polar surface area (TPSA) is 58.9 Å². The lowest BCUT2D eigenvalue weighted by Crippen LogP contribution is -2.47. The molecule has 0 aromatic rings. The molecule has 0 aromatic heterocycles. The van der Waals surface area contributed by atoms with E-state index in [-0.39, 0.29) is 6.10 Å². The standard InChI is InChI=1S/C24H48O4/c1-4-6-8-10-12-14-16-21(17-15-13-11-9-7-5-2)19-27-24-23(26)18-22(25)20(3)28-24/h20-26H,4-19H2,1-3H3/t20-,22?,23+,24?/m0/s1. The zero-order valence-electron chi connectivity index (χ0n) is 18.9. The summed E-state index contributed by atoms with van der Waals surface area (Å²) in [5.41, 5.74) is 0. The Balaban J connectivity index is 2.32. The van der Waals surface area contributed by atoms with E-state index in [1.807, 2.05) is 6.92 Å². The molecule has 0 radical (unpaired) electrons. The van der Waals surface area contributed by atoms with Crippen molar-refractivity contribution in [2.75, 3.05) is 6.61 Å². The third-order valence-corrected chi connectivity index (χ3v) is 6.12. The molecule has 0 bridgehead atoms. The van der Waals surface area contributed by atoms with Crippen LogP contribution in [0.2, 0.25) is 0 Å². The first-order valence-electron chi connectivity index (χ1n) is 12.2. The van der Waals surface area contributed by atoms with Gasteiger partial charge in [-0.25, -0.2) is 0 Å². The van der Waals surface area contributed by atoms with Gasteiger partial charge in [0.25, 0.3) is 0 Å². The maximum atomic E-state index is 10.2. The minimum Gasteiger partial charge on any atom is -0.390 e. The molecule has 4 heteroatoms. The van der Waals surface area contributed by atoms with Crippen molar-refractivity contribution in [1.29, 1.82) is 0 Å². The SMILES string of the molecule is CCCCCCCCC(CCCCCCCC)COC1O[C@@H](C)C(O)C[C@H]1O. The molecule has 28 heavy (non-hydrogen) atoms. The number of aliphatic hydroxyl groups is 2. The van der Waals surface area contributed by atoms with Gasteiger partial charge in [0.1, 0.15) is 6.10 Å². The van der Waals surface area contributed by atoms with E-state index in [1.165, 1.54) is 89.9 Å². The van der Waals surface area contributed by atoms with Crippen molar-refractivity contribution in [1.82, 2.24) is 0 Å². The van der Waals surface area contributed by atoms with Gasteiger partial charge in [0.05, 0.1) is 18.8 Å². The molecule has 4 nitrogen and oxygen atoms in total. The molecule has 0 amide bonds. The molecular formula is C24H48O4. The zero-order chi connectivity index (χ0) is 20.6. The van der Waals surface area contributed by atoms with E-state index in [9.17, 15) is 10.2 Å². The first-order valence-corrected chi connectivity index (χ1v) is 12.2. The Morgan fingerprint density at radius 1 is 0.786 bits per heavy atom. The monoisotopic (exact) mass is 400 g/mol. The van der Waals surface area contributed by atoms with Crippen LogP contribution in [0.25, 0.3) is 0 Å². The quantitative estimate of drug-likeness (QED) is 0.295. The highest BCUT2D eigenvalue weighted by Gasteiger charge is 2.34. The van der Waals surface area contributed by atoms with Gasteiger partial charge in [-0.15, -0.1) is 0 Å². The third kappa shape index (κ3) is 11.7. The molecule has 1 fully saturated rings. The second-order valence-electron chi connectivity index (χ2n) is 8.89. The minimum atomic E-state index is -0.727. The lowest BCUT2D eigenvalue weighted by molar-refractivity contribution is -0.264. The van der Waals surface area contributed by atoms with Crippen molar-refractivity contribution >= 4 is 0 Å². The van der Waals surface area contributed by atoms with Crippen LogP contribution in [0.1, 0.15) is 117 Å². The lowest BCUT2D eigenvalue weighted by Gasteiger charge is -2.36. The predicted molar refractivity (Wildman–Crippen MR) is 116 cm³/mol. The molecule has 1 rings (SSSR count). The Hall–Kier alpha value is -0.160. The first-order chi connectivity index (χ1) is 13.6. The fourth-order valence-corrected chi connectivity index (χ4v) is 4.06. The van der Waals surface area contributed by atoms with Gasteiger partial charge >= 0.3 is 0 Å². The van der Waals surface area contributed by atoms with Gasteiger partial charge in [0.2, 0.25) is 0 Å². The van der Waals surface area contributed by atoms with Crippen molar-refractivity contribution in [2.45, 2.75) is 142 Å². The van der Waals surface area contributed by atoms with Gasteiger partial charge in [-0.2, -0.15) is 0 Å². The molecular weight excluding hydrogens is 352 g/mol. The van der Waals surface area contributed by atoms with E-state index in [2.05, 4.69) is 13.8 Å². The van der Waals surface area contributed by atoms with E-state index >= 15 is 0 Å². The summed E-state index contributed by atoms with van der Waals surface area (Å²) >= 11 is 0. The molecule has 0 spiro atoms. The number of rotatable bonds is 17. The Kier molecular flexibility index (Phi) is 15.4. The molecule has 168 valence electrons. The number of ether oxygens (including phenoxy) is 2. The van der Waals surface area contributed by atoms with Crippen molar-refractivity contribution in [3.05, 3.63) is 0 Å². The number of aliphatic hydroxyl groups excluding tert-OH is 2. The molecule has 0 aromatic carbocycles. The van der Waals surface area contributed by atoms with Crippen LogP contribution in [-0.4, -0.2) is 41.4 Å². The van der Waals surface area contributed by atoms with Crippen LogP contribution < -0.4 is 0 Å². The fourth-order valence-electron chi connectivity index (χ4n) is 4.06. The molecule has 1 aliphatic heterocycles. The molecule has 2 N–H and O–H groups in total. The molecule has 2 unspecified atom stereocenters. The summed E-state index contributed by atoms with van der Waals surface area (Å²) in [5, 5.41) is 20.0. The van der Waals surface area contributed by atoms with E-state index in [0.717, 1.165) is 0 Å². The number of unbranched alkanes of at least 4 members (excludes halogenated alkanes) is 10. The summed E-state index contributed by atoms with van der Waals surface area (Å²) in [7, 11) is 0. The maximum Gasteiger partial charge on any atom is 0.183 e. The van der Waals surface area contributed by atoms with Gasteiger partial charge in [0.15, 0.2) is 6.29 Å². The summed E-state index contributed by atoms with van der Waals surface area (Å²) in [4.78, 5) is 0. The highest BCUT2D eigenvalue weighted by atomic mass is 16.7. The van der Waals surface area contributed by atoms with Crippen LogP contribution in [0.5, 0.6) is 0 Å². The van der Waals surface area contributed by atoms with Crippen LogP contribution in [0, 0.1) is 5.92 Å². The van der Waals surface area contributed by atoms with Gasteiger partial charge in [-0.05, 0) is 25.7 Å². The van der Waals surface area contributed by atoms with Crippen molar-refractivity contribution < 1.29 is 19.7 Å². The van der Waals surface area contributed by atoms with E-state index < -0.39 is 18.5 Å². The summed E-state index contributed by atoms with van der Waals surface area (Å²) in [6.07, 6.45) is 16.5. The third-order valence-electron chi connectivity index (χ3n) is 6.12. The van der Waals surface area contributed by atoms with Gasteiger partial charge < -0.3 is 19.7 Å². The highest BCUT2D eigenvalue weighted by Crippen LogP contribution is 2.24. The smallest absolute Gasteiger partial charge is 0.183 e. The molecule has 1 saturated heterocycles. The second-order valence-corrected chi connectivity index (χ2v) is 8.89. The molecule has 4 atom stereocenters. The summed E-state index contributed by atoms with van der Waals surface area (Å²) in [5.74, 6) is 0.551. The maximum absolute atomic E-state index is 10.2. The van der Waals surface area contributed by atoms with Crippen molar-refractivity contribution in [2.24, 2.45) is 5.92 Å². The van der Waals surface area contributed by atoms with E-state index in [1.54, 1.807) is 0 Å². The minimum absolute atomic E-state index is 0.274. The van der Waals surface area contributed by atoms with Gasteiger partial charge in [0, 0.05) is 6.42 Å². The highest BCUT2D eigenvalue weighted by molar-refractivity contribution is 4.78. The average molecular weight is 401 g/mol. The Bertz CT molecular complexity index is 333. The van der Waals surface area contributed by atoms with Crippen LogP contribution in [0.15, 0.2) is 0 Å². The second kappa shape index (κ2) is 16.6. The zero-order valence-corrected chi connectivity index (χ0v) is 18.9. The fraction of sp³-hybridized carbons (Fsp3) is 1.00. The largest absolute Gasteiger partial charge is 0.390 e. The Morgan fingerprint density at radius 3 is 1.82 bits per heavy atom. The van der Waals surface area contributed by atoms with Gasteiger partial charge in [-0.3, -0.25) is 0 Å². The summed E-state index contributed by atoms with van der Waals surface area (Å²) < 4.78 is 11.7. The van der Waals surface area contributed by atoms with E-state index in [4.69, 9.17) is 9.47 Å². The lowest BCUT2D eigenvalue weighted by atomic mass is 9.94. The Morgan fingerprint density at radius 2 is 1.29 bits per heavy atom. The predicted octanol–water partition coefficient (Wildman–Crippen LogP) is 5.98. The van der Waals surface area contributed by atoms with Crippen LogP contribution in [0.3, 0.4) is 0 Å². The molecule has 1 aliphatic rings. The van der Waals surface area contributed by atoms with Crippen LogP contribution in [-0.2, 0) is 9.47 Å². The summed E-state index contributed by atoms with van der Waals surface area (Å²) in [6.45, 7) is 7.02. The molecule has 0 saturated carbocycles. The molecule has 0 aliphatic carbocycles. The Labute approximate surface area is 174 Å². The normalized spacial score (nSPS) is 25.5.